The minimum absolute atomic E-state index is 0. The third kappa shape index (κ3) is 10.3. The van der Waals surface area contributed by atoms with Gasteiger partial charge in [0.25, 0.3) is 0 Å². The summed E-state index contributed by atoms with van der Waals surface area (Å²) in [6.45, 7) is 15.4. The van der Waals surface area contributed by atoms with Crippen molar-refractivity contribution in [3.63, 3.8) is 0 Å². The van der Waals surface area contributed by atoms with E-state index in [1.807, 2.05) is 41.5 Å². The minimum atomic E-state index is -0.879. The summed E-state index contributed by atoms with van der Waals surface area (Å²) < 4.78 is 18.0. The summed E-state index contributed by atoms with van der Waals surface area (Å²) >= 11 is 0. The second-order valence-electron chi connectivity index (χ2n) is 8.34. The number of benzene rings is 1. The average Bonchev–Trinajstić information content (AvgIpc) is 2.49. The van der Waals surface area contributed by atoms with Crippen LogP contribution in [0.1, 0.15) is 52.7 Å². The molecule has 1 unspecified atom stereocenters. The summed E-state index contributed by atoms with van der Waals surface area (Å²) in [5.74, 6) is 2.17. The summed E-state index contributed by atoms with van der Waals surface area (Å²) in [6, 6.07) is 6.21. The van der Waals surface area contributed by atoms with Crippen LogP contribution in [0.4, 0.5) is 0 Å². The first-order valence-electron chi connectivity index (χ1n) is 9.04. The van der Waals surface area contributed by atoms with E-state index >= 15 is 0 Å². The Hall–Kier alpha value is -0.830. The van der Waals surface area contributed by atoms with Gasteiger partial charge >= 0.3 is 0 Å². The number of aryl methyl sites for hydroxylation is 1. The summed E-state index contributed by atoms with van der Waals surface area (Å²) in [7, 11) is 0.855. The highest BCUT2D eigenvalue weighted by Crippen LogP contribution is 2.24. The molecule has 1 aromatic rings. The number of rotatable bonds is 6. The number of hydrogen-bond acceptors (Lipinski definition) is 3. The van der Waals surface area contributed by atoms with E-state index in [4.69, 9.17) is 4.74 Å². The highest BCUT2D eigenvalue weighted by molar-refractivity contribution is 14.0. The second-order valence-corrected chi connectivity index (χ2v) is 10.7. The molecule has 0 aliphatic rings. The van der Waals surface area contributed by atoms with E-state index in [0.29, 0.717) is 24.8 Å². The highest BCUT2D eigenvalue weighted by atomic mass is 127. The van der Waals surface area contributed by atoms with Crippen LogP contribution in [0, 0.1) is 6.92 Å². The molecule has 0 saturated heterocycles. The van der Waals surface area contributed by atoms with E-state index in [2.05, 4.69) is 40.7 Å². The lowest BCUT2D eigenvalue weighted by atomic mass is 10.1. The fourth-order valence-electron chi connectivity index (χ4n) is 2.20. The van der Waals surface area contributed by atoms with Crippen LogP contribution in [0.25, 0.3) is 0 Å². The quantitative estimate of drug-likeness (QED) is 0.346. The number of halogens is 1. The number of ether oxygens (including phenoxy) is 1. The van der Waals surface area contributed by atoms with E-state index in [1.165, 1.54) is 5.56 Å². The maximum Gasteiger partial charge on any atom is 0.191 e. The first kappa shape index (κ1) is 26.2. The molecule has 5 nitrogen and oxygen atoms in total. The minimum Gasteiger partial charge on any atom is -0.488 e. The molecule has 1 atom stereocenters. The summed E-state index contributed by atoms with van der Waals surface area (Å²) in [6.07, 6.45) is 0. The summed E-state index contributed by atoms with van der Waals surface area (Å²) in [4.78, 5) is 4.24. The Bertz CT molecular complexity index is 650. The summed E-state index contributed by atoms with van der Waals surface area (Å²) in [5, 5.41) is 6.53. The fraction of sp³-hybridized carbons (Fsp3) is 0.650. The van der Waals surface area contributed by atoms with Crippen LogP contribution in [0.2, 0.25) is 0 Å². The van der Waals surface area contributed by atoms with Gasteiger partial charge in [0.1, 0.15) is 11.4 Å². The molecule has 0 amide bonds. The summed E-state index contributed by atoms with van der Waals surface area (Å²) in [5.41, 5.74) is 1.99. The second kappa shape index (κ2) is 11.2. The van der Waals surface area contributed by atoms with E-state index in [0.717, 1.165) is 11.3 Å². The van der Waals surface area contributed by atoms with Crippen LogP contribution in [0.3, 0.4) is 0 Å². The van der Waals surface area contributed by atoms with Crippen molar-refractivity contribution < 1.29 is 8.95 Å². The Labute approximate surface area is 184 Å². The van der Waals surface area contributed by atoms with Crippen molar-refractivity contribution in [2.45, 2.75) is 65.4 Å². The Morgan fingerprint density at radius 3 is 2.30 bits per heavy atom. The molecule has 0 saturated carbocycles. The van der Waals surface area contributed by atoms with Gasteiger partial charge < -0.3 is 15.4 Å². The van der Waals surface area contributed by atoms with E-state index < -0.39 is 10.8 Å². The first-order valence-corrected chi connectivity index (χ1v) is 10.4. The largest absolute Gasteiger partial charge is 0.488 e. The van der Waals surface area contributed by atoms with Gasteiger partial charge in [-0.1, -0.05) is 12.1 Å². The van der Waals surface area contributed by atoms with E-state index in [1.54, 1.807) is 7.05 Å². The Morgan fingerprint density at radius 1 is 1.15 bits per heavy atom. The zero-order valence-electron chi connectivity index (χ0n) is 17.9. The molecule has 0 aliphatic heterocycles. The standard InChI is InChI=1S/C20H35N3O2S.HI/c1-15-9-10-16(17(13-15)25-19(2,3)4)14-23-18(21-8)22-11-12-26(24)20(5,6)7;/h9-10,13H,11-12,14H2,1-8H3,(H2,21,22,23);1H. The van der Waals surface area contributed by atoms with Gasteiger partial charge in [0.15, 0.2) is 5.96 Å². The molecule has 1 rings (SSSR count). The van der Waals surface area contributed by atoms with Crippen molar-refractivity contribution in [1.82, 2.24) is 10.6 Å². The molecule has 0 spiro atoms. The predicted octanol–water partition coefficient (Wildman–Crippen LogP) is 4.00. The smallest absolute Gasteiger partial charge is 0.191 e. The van der Waals surface area contributed by atoms with Gasteiger partial charge in [0.2, 0.25) is 0 Å². The van der Waals surface area contributed by atoms with Gasteiger partial charge in [0.05, 0.1) is 0 Å². The van der Waals surface area contributed by atoms with Crippen molar-refractivity contribution in [2.24, 2.45) is 4.99 Å². The number of nitrogens with one attached hydrogen (secondary N) is 2. The Kier molecular flexibility index (Phi) is 10.9. The normalized spacial score (nSPS) is 13.6. The van der Waals surface area contributed by atoms with Crippen LogP contribution in [-0.4, -0.2) is 39.9 Å². The van der Waals surface area contributed by atoms with Gasteiger partial charge in [0, 0.05) is 47.0 Å². The third-order valence-corrected chi connectivity index (χ3v) is 5.51. The molecular formula is C20H36IN3O2S. The molecule has 1 aromatic carbocycles. The maximum atomic E-state index is 12.1. The molecule has 7 heteroatoms. The van der Waals surface area contributed by atoms with Crippen molar-refractivity contribution in [3.05, 3.63) is 29.3 Å². The average molecular weight is 509 g/mol. The van der Waals surface area contributed by atoms with Crippen LogP contribution in [0.15, 0.2) is 23.2 Å². The predicted molar refractivity (Wildman–Crippen MR) is 128 cm³/mol. The van der Waals surface area contributed by atoms with Crippen LogP contribution < -0.4 is 15.4 Å². The van der Waals surface area contributed by atoms with Crippen LogP contribution in [0.5, 0.6) is 5.75 Å². The Morgan fingerprint density at radius 2 is 1.78 bits per heavy atom. The van der Waals surface area contributed by atoms with Gasteiger partial charge in [-0.3, -0.25) is 9.20 Å². The number of guanidine groups is 1. The zero-order chi connectivity index (χ0) is 20.0. The molecule has 0 aliphatic carbocycles. The molecule has 156 valence electrons. The number of aliphatic imine (C=N–C) groups is 1. The lowest BCUT2D eigenvalue weighted by Crippen LogP contribution is -2.40. The molecule has 2 N–H and O–H groups in total. The lowest BCUT2D eigenvalue weighted by Gasteiger charge is -2.24. The van der Waals surface area contributed by atoms with E-state index in [9.17, 15) is 4.21 Å². The number of nitrogens with zero attached hydrogens (tertiary/aromatic N) is 1. The monoisotopic (exact) mass is 509 g/mol. The van der Waals surface area contributed by atoms with Crippen LogP contribution >= 0.6 is 24.0 Å². The van der Waals surface area contributed by atoms with Crippen molar-refractivity contribution in [2.75, 3.05) is 19.3 Å². The topological polar surface area (TPSA) is 62.7 Å². The maximum absolute atomic E-state index is 12.1. The SMILES string of the molecule is CN=C(NCCS(=O)C(C)(C)C)NCc1ccc(C)cc1OC(C)(C)C.I. The lowest BCUT2D eigenvalue weighted by molar-refractivity contribution is 0.129. The molecule has 0 fully saturated rings. The number of hydrogen-bond donors (Lipinski definition) is 2. The first-order chi connectivity index (χ1) is 11.9. The Balaban J connectivity index is 0.00000676. The molecular weight excluding hydrogens is 473 g/mol. The van der Waals surface area contributed by atoms with Crippen molar-refractivity contribution in [3.8, 4) is 5.75 Å². The molecule has 0 aromatic heterocycles. The van der Waals surface area contributed by atoms with Crippen molar-refractivity contribution in [1.29, 1.82) is 0 Å². The highest BCUT2D eigenvalue weighted by Gasteiger charge is 2.19. The fourth-order valence-corrected chi connectivity index (χ4v) is 3.10. The molecule has 0 radical (unpaired) electrons. The molecule has 27 heavy (non-hydrogen) atoms. The van der Waals surface area contributed by atoms with Gasteiger partial charge in [-0.25, -0.2) is 0 Å². The van der Waals surface area contributed by atoms with E-state index in [-0.39, 0.29) is 34.3 Å². The molecule has 0 bridgehead atoms. The van der Waals surface area contributed by atoms with Crippen molar-refractivity contribution >= 4 is 40.7 Å². The van der Waals surface area contributed by atoms with Crippen LogP contribution in [-0.2, 0) is 17.3 Å². The zero-order valence-corrected chi connectivity index (χ0v) is 21.1. The van der Waals surface area contributed by atoms with Gasteiger partial charge in [-0.2, -0.15) is 0 Å². The van der Waals surface area contributed by atoms with Gasteiger partial charge in [-0.05, 0) is 60.1 Å². The molecule has 0 heterocycles. The van der Waals surface area contributed by atoms with Gasteiger partial charge in [-0.15, -0.1) is 24.0 Å². The third-order valence-electron chi connectivity index (χ3n) is 3.57.